The molecule has 0 atom stereocenters. The molecule has 1 heterocycles. The Balaban J connectivity index is 2.53. The van der Waals surface area contributed by atoms with Crippen molar-refractivity contribution in [1.29, 1.82) is 0 Å². The quantitative estimate of drug-likeness (QED) is 0.905. The minimum atomic E-state index is -0.625. The fourth-order valence-corrected chi connectivity index (χ4v) is 2.40. The zero-order valence-corrected chi connectivity index (χ0v) is 12.7. The van der Waals surface area contributed by atoms with E-state index in [0.29, 0.717) is 23.0 Å². The Morgan fingerprint density at radius 1 is 1.19 bits per heavy atom. The highest BCUT2D eigenvalue weighted by Gasteiger charge is 2.17. The molecule has 0 fully saturated rings. The van der Waals surface area contributed by atoms with E-state index in [1.807, 2.05) is 4.57 Å². The second-order valence-electron chi connectivity index (χ2n) is 5.67. The van der Waals surface area contributed by atoms with Crippen molar-refractivity contribution in [3.8, 4) is 11.3 Å². The highest BCUT2D eigenvalue weighted by molar-refractivity contribution is 5.71. The summed E-state index contributed by atoms with van der Waals surface area (Å²) in [6.45, 7) is 6.99. The standard InChI is InChI=1S/C16H21F2N3/c1-4-5-14-20-15(16(19)21(14)9-10(2)3)11-6-12(17)8-13(18)7-11/h6-8,10H,4-5,9,19H2,1-3H3. The fourth-order valence-electron chi connectivity index (χ4n) is 2.40. The van der Waals surface area contributed by atoms with Crippen molar-refractivity contribution in [3.05, 3.63) is 35.7 Å². The van der Waals surface area contributed by atoms with E-state index in [1.54, 1.807) is 0 Å². The van der Waals surface area contributed by atoms with Gasteiger partial charge in [0, 0.05) is 24.6 Å². The second-order valence-corrected chi connectivity index (χ2v) is 5.67. The smallest absolute Gasteiger partial charge is 0.131 e. The number of hydrogen-bond donors (Lipinski definition) is 1. The summed E-state index contributed by atoms with van der Waals surface area (Å²) in [6, 6.07) is 3.37. The number of nitrogen functional groups attached to an aromatic ring is 1. The number of aromatic nitrogens is 2. The van der Waals surface area contributed by atoms with Crippen LogP contribution in [0.25, 0.3) is 11.3 Å². The lowest BCUT2D eigenvalue weighted by Crippen LogP contribution is -2.11. The van der Waals surface area contributed by atoms with Gasteiger partial charge >= 0.3 is 0 Å². The lowest BCUT2D eigenvalue weighted by atomic mass is 10.1. The van der Waals surface area contributed by atoms with E-state index < -0.39 is 11.6 Å². The number of imidazole rings is 1. The van der Waals surface area contributed by atoms with Gasteiger partial charge in [0.05, 0.1) is 0 Å². The third-order valence-electron chi connectivity index (χ3n) is 3.24. The summed E-state index contributed by atoms with van der Waals surface area (Å²) in [4.78, 5) is 4.51. The van der Waals surface area contributed by atoms with Gasteiger partial charge in [0.1, 0.15) is 29.0 Å². The zero-order chi connectivity index (χ0) is 15.6. The van der Waals surface area contributed by atoms with Gasteiger partial charge in [-0.15, -0.1) is 0 Å². The van der Waals surface area contributed by atoms with E-state index in [4.69, 9.17) is 5.73 Å². The maximum Gasteiger partial charge on any atom is 0.131 e. The van der Waals surface area contributed by atoms with E-state index in [9.17, 15) is 8.78 Å². The number of aryl methyl sites for hydroxylation is 1. The van der Waals surface area contributed by atoms with Crippen molar-refractivity contribution in [1.82, 2.24) is 9.55 Å². The lowest BCUT2D eigenvalue weighted by Gasteiger charge is -2.11. The summed E-state index contributed by atoms with van der Waals surface area (Å²) in [5.41, 5.74) is 7.01. The zero-order valence-electron chi connectivity index (χ0n) is 12.7. The maximum atomic E-state index is 13.4. The van der Waals surface area contributed by atoms with Crippen LogP contribution >= 0.6 is 0 Å². The number of nitrogens with zero attached hydrogens (tertiary/aromatic N) is 2. The van der Waals surface area contributed by atoms with E-state index in [0.717, 1.165) is 31.3 Å². The van der Waals surface area contributed by atoms with Crippen LogP contribution in [0.3, 0.4) is 0 Å². The van der Waals surface area contributed by atoms with Gasteiger partial charge in [-0.3, -0.25) is 0 Å². The van der Waals surface area contributed by atoms with Gasteiger partial charge in [-0.1, -0.05) is 20.8 Å². The van der Waals surface area contributed by atoms with Gasteiger partial charge in [0.2, 0.25) is 0 Å². The average molecular weight is 293 g/mol. The molecule has 0 spiro atoms. The number of benzene rings is 1. The third-order valence-corrected chi connectivity index (χ3v) is 3.24. The molecule has 2 aromatic rings. The lowest BCUT2D eigenvalue weighted by molar-refractivity contribution is 0.510. The van der Waals surface area contributed by atoms with Gasteiger partial charge < -0.3 is 10.3 Å². The molecule has 21 heavy (non-hydrogen) atoms. The van der Waals surface area contributed by atoms with Crippen LogP contribution in [0.15, 0.2) is 18.2 Å². The third kappa shape index (κ3) is 3.40. The van der Waals surface area contributed by atoms with Crippen molar-refractivity contribution in [2.45, 2.75) is 40.2 Å². The van der Waals surface area contributed by atoms with Gasteiger partial charge in [-0.2, -0.15) is 0 Å². The van der Waals surface area contributed by atoms with Crippen molar-refractivity contribution in [2.24, 2.45) is 5.92 Å². The number of hydrogen-bond acceptors (Lipinski definition) is 2. The van der Waals surface area contributed by atoms with Crippen LogP contribution in [0.4, 0.5) is 14.6 Å². The first-order valence-electron chi connectivity index (χ1n) is 7.23. The summed E-state index contributed by atoms with van der Waals surface area (Å²) in [6.07, 6.45) is 1.72. The molecule has 3 nitrogen and oxygen atoms in total. The van der Waals surface area contributed by atoms with Crippen LogP contribution in [0.2, 0.25) is 0 Å². The first-order valence-corrected chi connectivity index (χ1v) is 7.23. The average Bonchev–Trinajstić information content (AvgIpc) is 2.66. The monoisotopic (exact) mass is 293 g/mol. The molecule has 0 saturated carbocycles. The number of anilines is 1. The highest BCUT2D eigenvalue weighted by Crippen LogP contribution is 2.29. The molecule has 0 aliphatic rings. The van der Waals surface area contributed by atoms with E-state index >= 15 is 0 Å². The van der Waals surface area contributed by atoms with Gasteiger partial charge in [-0.05, 0) is 24.5 Å². The van der Waals surface area contributed by atoms with Crippen LogP contribution in [-0.2, 0) is 13.0 Å². The molecular weight excluding hydrogens is 272 g/mol. The summed E-state index contributed by atoms with van der Waals surface area (Å²) < 4.78 is 28.7. The minimum absolute atomic E-state index is 0.379. The molecule has 1 aromatic carbocycles. The molecule has 2 N–H and O–H groups in total. The SMILES string of the molecule is CCCc1nc(-c2cc(F)cc(F)c2)c(N)n1CC(C)C. The van der Waals surface area contributed by atoms with Crippen molar-refractivity contribution < 1.29 is 8.78 Å². The van der Waals surface area contributed by atoms with E-state index in [1.165, 1.54) is 12.1 Å². The molecule has 0 aliphatic heterocycles. The molecule has 0 aliphatic carbocycles. The van der Waals surface area contributed by atoms with Crippen LogP contribution in [0.1, 0.15) is 33.0 Å². The van der Waals surface area contributed by atoms with Crippen molar-refractivity contribution in [2.75, 3.05) is 5.73 Å². The van der Waals surface area contributed by atoms with E-state index in [-0.39, 0.29) is 0 Å². The molecule has 0 unspecified atom stereocenters. The van der Waals surface area contributed by atoms with Crippen LogP contribution < -0.4 is 5.73 Å². The molecule has 0 amide bonds. The molecule has 0 saturated heterocycles. The van der Waals surface area contributed by atoms with E-state index in [2.05, 4.69) is 25.8 Å². The Kier molecular flexibility index (Phi) is 4.60. The molecule has 114 valence electrons. The maximum absolute atomic E-state index is 13.4. The number of nitrogens with two attached hydrogens (primary N) is 1. The fraction of sp³-hybridized carbons (Fsp3) is 0.438. The first-order chi connectivity index (χ1) is 9.92. The van der Waals surface area contributed by atoms with Crippen molar-refractivity contribution in [3.63, 3.8) is 0 Å². The molecule has 0 radical (unpaired) electrons. The molecule has 2 rings (SSSR count). The summed E-state index contributed by atoms with van der Waals surface area (Å²) >= 11 is 0. The molecular formula is C16H21F2N3. The Morgan fingerprint density at radius 2 is 1.81 bits per heavy atom. The Bertz CT molecular complexity index is 612. The largest absolute Gasteiger partial charge is 0.383 e. The van der Waals surface area contributed by atoms with Crippen molar-refractivity contribution >= 4 is 5.82 Å². The number of halogens is 2. The molecule has 5 heteroatoms. The summed E-state index contributed by atoms with van der Waals surface area (Å²) in [5.74, 6) is 0.495. The summed E-state index contributed by atoms with van der Waals surface area (Å²) in [7, 11) is 0. The predicted octanol–water partition coefficient (Wildman–Crippen LogP) is 4.02. The summed E-state index contributed by atoms with van der Waals surface area (Å²) in [5, 5.41) is 0. The van der Waals surface area contributed by atoms with Gasteiger partial charge in [-0.25, -0.2) is 13.8 Å². The Morgan fingerprint density at radius 3 is 2.33 bits per heavy atom. The van der Waals surface area contributed by atoms with Gasteiger partial charge in [0.25, 0.3) is 0 Å². The minimum Gasteiger partial charge on any atom is -0.383 e. The first kappa shape index (κ1) is 15.5. The predicted molar refractivity (Wildman–Crippen MR) is 80.8 cm³/mol. The Labute approximate surface area is 123 Å². The molecule has 1 aromatic heterocycles. The normalized spacial score (nSPS) is 11.3. The van der Waals surface area contributed by atoms with Crippen LogP contribution in [-0.4, -0.2) is 9.55 Å². The van der Waals surface area contributed by atoms with Crippen LogP contribution in [0.5, 0.6) is 0 Å². The van der Waals surface area contributed by atoms with Gasteiger partial charge in [0.15, 0.2) is 0 Å². The molecule has 0 bridgehead atoms. The number of rotatable bonds is 5. The highest BCUT2D eigenvalue weighted by atomic mass is 19.1. The second kappa shape index (κ2) is 6.24. The topological polar surface area (TPSA) is 43.8 Å². The Hall–Kier alpha value is -1.91. The van der Waals surface area contributed by atoms with Crippen LogP contribution in [0, 0.1) is 17.6 Å².